The van der Waals surface area contributed by atoms with Crippen LogP contribution < -0.4 is 5.73 Å². The van der Waals surface area contributed by atoms with E-state index in [1.807, 2.05) is 0 Å². The van der Waals surface area contributed by atoms with Gasteiger partial charge in [-0.3, -0.25) is 14.9 Å². The molecule has 2 N–H and O–H groups in total. The molecule has 0 radical (unpaired) electrons. The van der Waals surface area contributed by atoms with E-state index in [-0.39, 0.29) is 5.56 Å². The minimum atomic E-state index is -0.971. The summed E-state index contributed by atoms with van der Waals surface area (Å²) in [7, 11) is 1.06. The van der Waals surface area contributed by atoms with Crippen molar-refractivity contribution in [3.8, 4) is 0 Å². The number of ether oxygens (including phenoxy) is 1. The standard InChI is InChI=1S/C9H8N2O5/c1-16-9(13)7-5(8(10)12)3-2-4-6(7)11(14)15/h2-4H,1H3,(H2,10,12). The number of nitrogens with zero attached hydrogens (tertiary/aromatic N) is 1. The maximum absolute atomic E-state index is 11.3. The van der Waals surface area contributed by atoms with Crippen LogP contribution >= 0.6 is 0 Å². The number of hydrogen-bond donors (Lipinski definition) is 1. The van der Waals surface area contributed by atoms with Gasteiger partial charge in [-0.25, -0.2) is 4.79 Å². The first-order valence-electron chi connectivity index (χ1n) is 4.14. The molecule has 1 amide bonds. The quantitative estimate of drug-likeness (QED) is 0.455. The molecule has 1 rings (SSSR count). The summed E-state index contributed by atoms with van der Waals surface area (Å²) < 4.78 is 4.37. The Labute approximate surface area is 90.0 Å². The molecule has 16 heavy (non-hydrogen) atoms. The number of primary amides is 1. The molecule has 7 nitrogen and oxygen atoms in total. The number of nitro benzene ring substituents is 1. The number of nitro groups is 1. The van der Waals surface area contributed by atoms with Gasteiger partial charge in [0.1, 0.15) is 5.56 Å². The second-order valence-electron chi connectivity index (χ2n) is 2.81. The van der Waals surface area contributed by atoms with Crippen LogP contribution in [0.1, 0.15) is 20.7 Å². The molecule has 0 aliphatic rings. The Hall–Kier alpha value is -2.44. The summed E-state index contributed by atoms with van der Waals surface area (Å²) in [6, 6.07) is 3.59. The van der Waals surface area contributed by atoms with E-state index in [9.17, 15) is 19.7 Å². The average Bonchev–Trinajstić information content (AvgIpc) is 2.26. The Bertz CT molecular complexity index is 437. The van der Waals surface area contributed by atoms with Gasteiger partial charge in [-0.05, 0) is 6.07 Å². The van der Waals surface area contributed by atoms with Crippen molar-refractivity contribution in [2.75, 3.05) is 7.11 Å². The summed E-state index contributed by atoms with van der Waals surface area (Å²) >= 11 is 0. The maximum atomic E-state index is 11.3. The van der Waals surface area contributed by atoms with Crippen molar-refractivity contribution in [3.05, 3.63) is 39.4 Å². The van der Waals surface area contributed by atoms with E-state index < -0.39 is 28.1 Å². The molecule has 0 spiro atoms. The van der Waals surface area contributed by atoms with E-state index in [0.29, 0.717) is 0 Å². The average molecular weight is 224 g/mol. The summed E-state index contributed by atoms with van der Waals surface area (Å²) in [5.41, 5.74) is 3.83. The van der Waals surface area contributed by atoms with E-state index >= 15 is 0 Å². The first-order valence-corrected chi connectivity index (χ1v) is 4.14. The molecule has 0 bridgehead atoms. The van der Waals surface area contributed by atoms with Gasteiger partial charge in [0.05, 0.1) is 17.6 Å². The van der Waals surface area contributed by atoms with Crippen LogP contribution in [0.5, 0.6) is 0 Å². The molecule has 0 fully saturated rings. The van der Waals surface area contributed by atoms with Gasteiger partial charge in [0, 0.05) is 6.07 Å². The lowest BCUT2D eigenvalue weighted by molar-refractivity contribution is -0.385. The smallest absolute Gasteiger partial charge is 0.345 e. The van der Waals surface area contributed by atoms with Gasteiger partial charge in [0.15, 0.2) is 0 Å². The summed E-state index contributed by atoms with van der Waals surface area (Å²) in [4.78, 5) is 32.2. The second kappa shape index (κ2) is 4.39. The van der Waals surface area contributed by atoms with E-state index in [1.165, 1.54) is 12.1 Å². The topological polar surface area (TPSA) is 113 Å². The van der Waals surface area contributed by atoms with Crippen molar-refractivity contribution in [1.29, 1.82) is 0 Å². The maximum Gasteiger partial charge on any atom is 0.345 e. The number of rotatable bonds is 3. The summed E-state index contributed by atoms with van der Waals surface area (Å²) in [5, 5.41) is 10.7. The highest BCUT2D eigenvalue weighted by Crippen LogP contribution is 2.22. The van der Waals surface area contributed by atoms with Gasteiger partial charge in [0.25, 0.3) is 5.69 Å². The number of methoxy groups -OCH3 is 1. The first-order chi connectivity index (χ1) is 7.49. The monoisotopic (exact) mass is 224 g/mol. The molecule has 0 heterocycles. The fraction of sp³-hybridized carbons (Fsp3) is 0.111. The van der Waals surface area contributed by atoms with Crippen molar-refractivity contribution in [2.24, 2.45) is 5.73 Å². The molecule has 0 aromatic heterocycles. The Balaban J connectivity index is 3.53. The van der Waals surface area contributed by atoms with Gasteiger partial charge < -0.3 is 10.5 Å². The van der Waals surface area contributed by atoms with Crippen molar-refractivity contribution >= 4 is 17.6 Å². The lowest BCUT2D eigenvalue weighted by Gasteiger charge is -2.04. The molecule has 0 unspecified atom stereocenters. The highest BCUT2D eigenvalue weighted by molar-refractivity contribution is 6.07. The zero-order valence-electron chi connectivity index (χ0n) is 8.30. The van der Waals surface area contributed by atoms with E-state index in [1.54, 1.807) is 0 Å². The highest BCUT2D eigenvalue weighted by atomic mass is 16.6. The summed E-state index contributed by atoms with van der Waals surface area (Å²) in [6.07, 6.45) is 0. The zero-order valence-corrected chi connectivity index (χ0v) is 8.30. The van der Waals surface area contributed by atoms with Crippen molar-refractivity contribution in [3.63, 3.8) is 0 Å². The third kappa shape index (κ3) is 1.97. The number of benzene rings is 1. The van der Waals surface area contributed by atoms with Gasteiger partial charge in [-0.2, -0.15) is 0 Å². The number of carbonyl (C=O) groups excluding carboxylic acids is 2. The summed E-state index contributed by atoms with van der Waals surface area (Å²) in [5.74, 6) is -1.90. The van der Waals surface area contributed by atoms with E-state index in [2.05, 4.69) is 4.74 Å². The molecule has 0 saturated carbocycles. The fourth-order valence-electron chi connectivity index (χ4n) is 1.21. The number of amides is 1. The molecule has 1 aromatic carbocycles. The Morgan fingerprint density at radius 3 is 2.50 bits per heavy atom. The normalized spacial score (nSPS) is 9.56. The molecular formula is C9H8N2O5. The Morgan fingerprint density at radius 1 is 1.44 bits per heavy atom. The van der Waals surface area contributed by atoms with Crippen molar-refractivity contribution in [1.82, 2.24) is 0 Å². The van der Waals surface area contributed by atoms with Crippen molar-refractivity contribution < 1.29 is 19.2 Å². The van der Waals surface area contributed by atoms with E-state index in [0.717, 1.165) is 13.2 Å². The molecule has 0 saturated heterocycles. The van der Waals surface area contributed by atoms with Crippen LogP contribution in [0, 0.1) is 10.1 Å². The molecule has 0 aliphatic heterocycles. The first kappa shape index (κ1) is 11.6. The predicted molar refractivity (Wildman–Crippen MR) is 53.0 cm³/mol. The molecule has 0 atom stereocenters. The van der Waals surface area contributed by atoms with E-state index in [4.69, 9.17) is 5.73 Å². The molecule has 1 aromatic rings. The lowest BCUT2D eigenvalue weighted by Crippen LogP contribution is -2.18. The number of nitrogens with two attached hydrogens (primary N) is 1. The second-order valence-corrected chi connectivity index (χ2v) is 2.81. The largest absolute Gasteiger partial charge is 0.465 e. The number of esters is 1. The predicted octanol–water partition coefficient (Wildman–Crippen LogP) is 0.480. The zero-order chi connectivity index (χ0) is 12.3. The minimum absolute atomic E-state index is 0.235. The van der Waals surface area contributed by atoms with Gasteiger partial charge in [0.2, 0.25) is 5.91 Å². The van der Waals surface area contributed by atoms with Crippen LogP contribution in [0.15, 0.2) is 18.2 Å². The molecular weight excluding hydrogens is 216 g/mol. The third-order valence-corrected chi connectivity index (χ3v) is 1.89. The molecule has 0 aliphatic carbocycles. The van der Waals surface area contributed by atoms with Crippen LogP contribution in [0.25, 0.3) is 0 Å². The van der Waals surface area contributed by atoms with Gasteiger partial charge >= 0.3 is 5.97 Å². The summed E-state index contributed by atoms with van der Waals surface area (Å²) in [6.45, 7) is 0. The SMILES string of the molecule is COC(=O)c1c(C(N)=O)cccc1[N+](=O)[O-]. The Morgan fingerprint density at radius 2 is 2.06 bits per heavy atom. The molecule has 84 valence electrons. The van der Waals surface area contributed by atoms with Crippen LogP contribution in [0.3, 0.4) is 0 Å². The van der Waals surface area contributed by atoms with Crippen LogP contribution in [0.4, 0.5) is 5.69 Å². The lowest BCUT2D eigenvalue weighted by atomic mass is 10.1. The van der Waals surface area contributed by atoms with Crippen LogP contribution in [-0.2, 0) is 4.74 Å². The minimum Gasteiger partial charge on any atom is -0.465 e. The van der Waals surface area contributed by atoms with Crippen molar-refractivity contribution in [2.45, 2.75) is 0 Å². The third-order valence-electron chi connectivity index (χ3n) is 1.89. The molecule has 7 heteroatoms. The fourth-order valence-corrected chi connectivity index (χ4v) is 1.21. The Kier molecular flexibility index (Phi) is 3.19. The highest BCUT2D eigenvalue weighted by Gasteiger charge is 2.26. The van der Waals surface area contributed by atoms with Gasteiger partial charge in [-0.15, -0.1) is 0 Å². The number of carbonyl (C=O) groups is 2. The van der Waals surface area contributed by atoms with Gasteiger partial charge in [-0.1, -0.05) is 6.07 Å². The number of hydrogen-bond acceptors (Lipinski definition) is 5. The van der Waals surface area contributed by atoms with Crippen LogP contribution in [-0.4, -0.2) is 23.9 Å². The van der Waals surface area contributed by atoms with Crippen LogP contribution in [0.2, 0.25) is 0 Å².